The minimum absolute atomic E-state index is 0.405. The molecule has 0 aromatic rings. The van der Waals surface area contributed by atoms with Crippen molar-refractivity contribution in [2.45, 2.75) is 73.9 Å². The van der Waals surface area contributed by atoms with Crippen molar-refractivity contribution in [1.82, 2.24) is 0 Å². The fraction of sp³-hybridized carbons (Fsp3) is 1.00. The summed E-state index contributed by atoms with van der Waals surface area (Å²) in [6, 6.07) is 0. The van der Waals surface area contributed by atoms with Crippen molar-refractivity contribution in [2.75, 3.05) is 0 Å². The summed E-state index contributed by atoms with van der Waals surface area (Å²) >= 11 is 16.2. The molecule has 0 aromatic heterocycles. The van der Waals surface area contributed by atoms with Gasteiger partial charge in [0.25, 0.3) is 0 Å². The Morgan fingerprint density at radius 3 is 1.50 bits per heavy atom. The number of hydrogen-bond donors (Lipinski definition) is 3. The van der Waals surface area contributed by atoms with E-state index >= 15 is 0 Å². The van der Waals surface area contributed by atoms with Crippen molar-refractivity contribution in [3.63, 3.8) is 0 Å². The van der Waals surface area contributed by atoms with Gasteiger partial charge in [-0.2, -0.15) is 25.3 Å². The maximum Gasteiger partial charge on any atom is 0.317 e. The highest BCUT2D eigenvalue weighted by atomic mass is 33.1. The molecule has 0 aliphatic heterocycles. The lowest BCUT2D eigenvalue weighted by Gasteiger charge is -2.35. The Labute approximate surface area is 148 Å². The second kappa shape index (κ2) is 8.16. The summed E-state index contributed by atoms with van der Waals surface area (Å²) in [5, 5.41) is 0. The van der Waals surface area contributed by atoms with E-state index in [1.54, 1.807) is 0 Å². The van der Waals surface area contributed by atoms with Crippen LogP contribution in [0.4, 0.5) is 0 Å². The summed E-state index contributed by atoms with van der Waals surface area (Å²) in [7, 11) is 0. The van der Waals surface area contributed by atoms with Gasteiger partial charge >= 0.3 is 5.77 Å². The zero-order valence-corrected chi connectivity index (χ0v) is 18.3. The van der Waals surface area contributed by atoms with E-state index in [1.165, 1.54) is 22.8 Å². The molecule has 0 amide bonds. The van der Waals surface area contributed by atoms with Crippen LogP contribution in [-0.4, -0.2) is 13.1 Å². The van der Waals surface area contributed by atoms with Crippen molar-refractivity contribution in [3.05, 3.63) is 0 Å². The highest BCUT2D eigenvalue weighted by Gasteiger charge is 2.42. The standard InChI is InChI=1S/C12H27O2PS5/c1-7-10(4,16)14-15(13,19-11(5,17)8-2)20-12(6,18)9-3/h16-18H,7-9H2,1-6H3/t10-,11-,12-/m0/s1. The van der Waals surface area contributed by atoms with Gasteiger partial charge in [0.2, 0.25) is 0 Å². The van der Waals surface area contributed by atoms with Crippen molar-refractivity contribution >= 4 is 66.4 Å². The SMILES string of the molecule is CC[C@](C)(S)OP(=O)(S[C@](C)(S)CC)S[C@](C)(S)CC. The average Bonchev–Trinajstić information content (AvgIpc) is 2.26. The molecule has 20 heavy (non-hydrogen) atoms. The Morgan fingerprint density at radius 1 is 0.900 bits per heavy atom. The molecule has 0 bridgehead atoms. The molecule has 0 radical (unpaired) electrons. The van der Waals surface area contributed by atoms with Gasteiger partial charge < -0.3 is 0 Å². The summed E-state index contributed by atoms with van der Waals surface area (Å²) in [6.07, 6.45) is 2.26. The molecule has 0 N–H and O–H groups in total. The van der Waals surface area contributed by atoms with Crippen LogP contribution in [0.5, 0.6) is 0 Å². The maximum atomic E-state index is 13.3. The fourth-order valence-corrected chi connectivity index (χ4v) is 14.8. The molecular formula is C12H27O2PS5. The lowest BCUT2D eigenvalue weighted by molar-refractivity contribution is 0.200. The zero-order chi connectivity index (χ0) is 16.2. The molecule has 0 rings (SSSR count). The van der Waals surface area contributed by atoms with Crippen LogP contribution in [0.25, 0.3) is 0 Å². The Bertz CT molecular complexity index is 305. The van der Waals surface area contributed by atoms with Crippen LogP contribution in [0, 0.1) is 0 Å². The van der Waals surface area contributed by atoms with E-state index in [4.69, 9.17) is 4.52 Å². The molecule has 0 unspecified atom stereocenters. The van der Waals surface area contributed by atoms with Crippen molar-refractivity contribution in [2.24, 2.45) is 0 Å². The number of thiol groups is 3. The first-order valence-corrected chi connectivity index (χ1v) is 12.5. The average molecular weight is 395 g/mol. The van der Waals surface area contributed by atoms with Crippen LogP contribution in [0.1, 0.15) is 60.8 Å². The lowest BCUT2D eigenvalue weighted by atomic mass is 10.3. The van der Waals surface area contributed by atoms with E-state index in [-0.39, 0.29) is 0 Å². The van der Waals surface area contributed by atoms with Crippen LogP contribution in [0.2, 0.25) is 0 Å². The van der Waals surface area contributed by atoms with Crippen molar-refractivity contribution in [1.29, 1.82) is 0 Å². The van der Waals surface area contributed by atoms with Crippen LogP contribution in [0.3, 0.4) is 0 Å². The van der Waals surface area contributed by atoms with Crippen molar-refractivity contribution in [3.8, 4) is 0 Å². The van der Waals surface area contributed by atoms with Gasteiger partial charge in [0.15, 0.2) is 0 Å². The molecule has 0 aromatic carbocycles. The van der Waals surface area contributed by atoms with E-state index in [1.807, 2.05) is 41.5 Å². The predicted octanol–water partition coefficient (Wildman–Crippen LogP) is 6.75. The smallest absolute Gasteiger partial charge is 0.296 e. The second-order valence-electron chi connectivity index (χ2n) is 5.31. The fourth-order valence-electron chi connectivity index (χ4n) is 0.972. The first kappa shape index (κ1) is 21.9. The van der Waals surface area contributed by atoms with E-state index in [0.717, 1.165) is 12.8 Å². The number of hydrogen-bond acceptors (Lipinski definition) is 7. The molecule has 0 fully saturated rings. The summed E-state index contributed by atoms with van der Waals surface area (Å²) in [4.78, 5) is -0.718. The Hall–Kier alpha value is 1.94. The molecule has 2 nitrogen and oxygen atoms in total. The molecule has 0 saturated carbocycles. The lowest BCUT2D eigenvalue weighted by Crippen LogP contribution is -2.20. The third-order valence-corrected chi connectivity index (χ3v) is 13.5. The van der Waals surface area contributed by atoms with E-state index in [9.17, 15) is 4.57 Å². The number of rotatable bonds is 9. The Balaban J connectivity index is 5.29. The van der Waals surface area contributed by atoms with Gasteiger partial charge in [-0.15, -0.1) is 12.6 Å². The first-order valence-electron chi connectivity index (χ1n) is 6.70. The molecule has 3 atom stereocenters. The van der Waals surface area contributed by atoms with Gasteiger partial charge in [-0.1, -0.05) is 20.8 Å². The third-order valence-electron chi connectivity index (χ3n) is 2.89. The Kier molecular flexibility index (Phi) is 8.95. The quantitative estimate of drug-likeness (QED) is 0.229. The largest absolute Gasteiger partial charge is 0.317 e. The monoisotopic (exact) mass is 394 g/mol. The minimum atomic E-state index is -3.03. The van der Waals surface area contributed by atoms with Gasteiger partial charge in [-0.3, -0.25) is 9.09 Å². The minimum Gasteiger partial charge on any atom is -0.296 e. The van der Waals surface area contributed by atoms with E-state index < -0.39 is 18.9 Å². The first-order chi connectivity index (χ1) is 8.80. The maximum absolute atomic E-state index is 13.3. The molecule has 0 spiro atoms. The molecule has 0 heterocycles. The van der Waals surface area contributed by atoms with Crippen LogP contribution < -0.4 is 0 Å². The molecular weight excluding hydrogens is 367 g/mol. The highest BCUT2D eigenvalue weighted by molar-refractivity contribution is 8.91. The topological polar surface area (TPSA) is 26.3 Å². The normalized spacial score (nSPS) is 21.9. The summed E-state index contributed by atoms with van der Waals surface area (Å²) in [5.74, 6) is -3.03. The van der Waals surface area contributed by atoms with Crippen LogP contribution in [-0.2, 0) is 9.09 Å². The van der Waals surface area contributed by atoms with Crippen LogP contribution >= 0.6 is 66.4 Å². The van der Waals surface area contributed by atoms with Gasteiger partial charge in [0.05, 0.1) is 8.16 Å². The van der Waals surface area contributed by atoms with Gasteiger partial charge in [0.1, 0.15) is 4.93 Å². The van der Waals surface area contributed by atoms with Gasteiger partial charge in [-0.25, -0.2) is 0 Å². The van der Waals surface area contributed by atoms with E-state index in [2.05, 4.69) is 37.9 Å². The summed E-state index contributed by atoms with van der Waals surface area (Å²) < 4.78 is 18.4. The summed E-state index contributed by atoms with van der Waals surface area (Å²) in [6.45, 7) is 11.8. The third kappa shape index (κ3) is 8.54. The van der Waals surface area contributed by atoms with E-state index in [0.29, 0.717) is 6.42 Å². The molecule has 122 valence electrons. The molecule has 0 saturated heterocycles. The summed E-state index contributed by atoms with van der Waals surface area (Å²) in [5.41, 5.74) is 0. The molecule has 0 aliphatic carbocycles. The highest BCUT2D eigenvalue weighted by Crippen LogP contribution is 2.79. The molecule has 0 aliphatic rings. The van der Waals surface area contributed by atoms with Crippen LogP contribution in [0.15, 0.2) is 0 Å². The van der Waals surface area contributed by atoms with Gasteiger partial charge in [0, 0.05) is 0 Å². The second-order valence-corrected chi connectivity index (χ2v) is 16.7. The predicted molar refractivity (Wildman–Crippen MR) is 107 cm³/mol. The van der Waals surface area contributed by atoms with Crippen molar-refractivity contribution < 1.29 is 9.09 Å². The zero-order valence-electron chi connectivity index (χ0n) is 13.0. The Morgan fingerprint density at radius 2 is 1.25 bits per heavy atom. The molecule has 8 heteroatoms. The van der Waals surface area contributed by atoms with Gasteiger partial charge in [-0.05, 0) is 62.8 Å².